The van der Waals surface area contributed by atoms with Crippen LogP contribution in [0.4, 0.5) is 0 Å². The monoisotopic (exact) mass is 382 g/mol. The molecule has 0 aliphatic carbocycles. The highest BCUT2D eigenvalue weighted by atomic mass is 127. The minimum Gasteiger partial charge on any atom is -0.416 e. The molecule has 0 fully saturated rings. The Hall–Kier alpha value is -1.40. The van der Waals surface area contributed by atoms with Gasteiger partial charge < -0.3 is 4.42 Å². The Kier molecular flexibility index (Phi) is 3.52. The van der Waals surface area contributed by atoms with E-state index < -0.39 is 0 Å². The highest BCUT2D eigenvalue weighted by Gasteiger charge is 2.14. The summed E-state index contributed by atoms with van der Waals surface area (Å²) in [6, 6.07) is 15.3. The van der Waals surface area contributed by atoms with Crippen LogP contribution in [0.2, 0.25) is 5.02 Å². The Labute approximate surface area is 128 Å². The molecule has 0 saturated carbocycles. The zero-order chi connectivity index (χ0) is 13.2. The smallest absolute Gasteiger partial charge is 0.249 e. The molecular formula is C14H8ClIN2O. The minimum atomic E-state index is 0.431. The second kappa shape index (κ2) is 5.30. The lowest BCUT2D eigenvalue weighted by Crippen LogP contribution is -1.81. The molecule has 0 aliphatic heterocycles. The van der Waals surface area contributed by atoms with Gasteiger partial charge in [0.1, 0.15) is 0 Å². The summed E-state index contributed by atoms with van der Waals surface area (Å²) in [5.74, 6) is 0.931. The summed E-state index contributed by atoms with van der Waals surface area (Å²) >= 11 is 8.36. The Morgan fingerprint density at radius 1 is 0.842 bits per heavy atom. The van der Waals surface area contributed by atoms with E-state index in [0.29, 0.717) is 16.8 Å². The predicted octanol–water partition coefficient (Wildman–Crippen LogP) is 4.66. The first-order valence-electron chi connectivity index (χ1n) is 5.59. The molecule has 0 N–H and O–H groups in total. The Morgan fingerprint density at radius 3 is 2.11 bits per heavy atom. The van der Waals surface area contributed by atoms with Crippen LogP contribution in [0.1, 0.15) is 0 Å². The summed E-state index contributed by atoms with van der Waals surface area (Å²) in [5.41, 5.74) is 1.67. The molecule has 0 spiro atoms. The molecule has 1 heterocycles. The number of halogens is 2. The van der Waals surface area contributed by atoms with Gasteiger partial charge in [0.2, 0.25) is 11.8 Å². The summed E-state index contributed by atoms with van der Waals surface area (Å²) in [5, 5.41) is 8.74. The Morgan fingerprint density at radius 2 is 1.42 bits per heavy atom. The van der Waals surface area contributed by atoms with Crippen molar-refractivity contribution in [2.75, 3.05) is 0 Å². The molecule has 0 saturated heterocycles. The van der Waals surface area contributed by atoms with Gasteiger partial charge in [0.25, 0.3) is 0 Å². The number of aromatic nitrogens is 2. The first-order chi connectivity index (χ1) is 9.25. The van der Waals surface area contributed by atoms with E-state index in [1.54, 1.807) is 6.07 Å². The molecule has 3 aromatic rings. The zero-order valence-electron chi connectivity index (χ0n) is 9.68. The summed E-state index contributed by atoms with van der Waals surface area (Å²) in [7, 11) is 0. The van der Waals surface area contributed by atoms with Crippen molar-refractivity contribution in [3.05, 3.63) is 57.1 Å². The van der Waals surface area contributed by atoms with Crippen molar-refractivity contribution in [2.24, 2.45) is 0 Å². The number of nitrogens with zero attached hydrogens (tertiary/aromatic N) is 2. The fraction of sp³-hybridized carbons (Fsp3) is 0. The van der Waals surface area contributed by atoms with Gasteiger partial charge in [-0.2, -0.15) is 0 Å². The van der Waals surface area contributed by atoms with Crippen LogP contribution in [-0.4, -0.2) is 10.2 Å². The van der Waals surface area contributed by atoms with Crippen LogP contribution in [-0.2, 0) is 0 Å². The molecule has 2 aromatic carbocycles. The van der Waals surface area contributed by atoms with Gasteiger partial charge in [0.05, 0.1) is 16.1 Å². The molecule has 0 unspecified atom stereocenters. The third-order valence-electron chi connectivity index (χ3n) is 2.63. The first kappa shape index (κ1) is 12.6. The van der Waals surface area contributed by atoms with Crippen LogP contribution in [0.15, 0.2) is 52.9 Å². The fourth-order valence-electron chi connectivity index (χ4n) is 1.71. The molecule has 3 nitrogen and oxygen atoms in total. The molecule has 0 radical (unpaired) electrons. The van der Waals surface area contributed by atoms with Gasteiger partial charge in [-0.3, -0.25) is 0 Å². The lowest BCUT2D eigenvalue weighted by molar-refractivity contribution is 0.584. The molecular weight excluding hydrogens is 375 g/mol. The van der Waals surface area contributed by atoms with Crippen molar-refractivity contribution in [1.82, 2.24) is 10.2 Å². The van der Waals surface area contributed by atoms with Crippen molar-refractivity contribution in [2.45, 2.75) is 0 Å². The number of rotatable bonds is 2. The first-order valence-corrected chi connectivity index (χ1v) is 7.04. The lowest BCUT2D eigenvalue weighted by Gasteiger charge is -1.98. The Bertz CT molecular complexity index is 667. The van der Waals surface area contributed by atoms with Gasteiger partial charge in [-0.1, -0.05) is 35.9 Å². The van der Waals surface area contributed by atoms with E-state index in [1.807, 2.05) is 42.5 Å². The molecule has 0 amide bonds. The van der Waals surface area contributed by atoms with E-state index in [0.717, 1.165) is 14.7 Å². The normalized spacial score (nSPS) is 10.6. The maximum atomic E-state index is 6.12. The lowest BCUT2D eigenvalue weighted by atomic mass is 10.2. The number of hydrogen-bond acceptors (Lipinski definition) is 3. The van der Waals surface area contributed by atoms with E-state index in [-0.39, 0.29) is 0 Å². The molecule has 5 heteroatoms. The van der Waals surface area contributed by atoms with Gasteiger partial charge >= 0.3 is 0 Å². The van der Waals surface area contributed by atoms with Gasteiger partial charge in [-0.15, -0.1) is 10.2 Å². The van der Waals surface area contributed by atoms with E-state index in [9.17, 15) is 0 Å². The maximum absolute atomic E-state index is 6.12. The molecule has 19 heavy (non-hydrogen) atoms. The van der Waals surface area contributed by atoms with E-state index >= 15 is 0 Å². The van der Waals surface area contributed by atoms with Gasteiger partial charge in [-0.25, -0.2) is 0 Å². The average Bonchev–Trinajstić information content (AvgIpc) is 2.89. The molecule has 0 bridgehead atoms. The topological polar surface area (TPSA) is 38.9 Å². The van der Waals surface area contributed by atoms with Crippen LogP contribution in [0.25, 0.3) is 22.9 Å². The highest BCUT2D eigenvalue weighted by Crippen LogP contribution is 2.30. The molecule has 0 aliphatic rings. The predicted molar refractivity (Wildman–Crippen MR) is 82.9 cm³/mol. The SMILES string of the molecule is Clc1ccccc1-c1nnc(-c2ccccc2I)o1. The molecule has 94 valence electrons. The van der Waals surface area contributed by atoms with Gasteiger partial charge in [0.15, 0.2) is 0 Å². The summed E-state index contributed by atoms with van der Waals surface area (Å²) < 4.78 is 6.77. The average molecular weight is 383 g/mol. The number of benzene rings is 2. The second-order valence-corrected chi connectivity index (χ2v) is 5.44. The Balaban J connectivity index is 2.06. The van der Waals surface area contributed by atoms with E-state index in [1.165, 1.54) is 0 Å². The number of hydrogen-bond donors (Lipinski definition) is 0. The minimum absolute atomic E-state index is 0.431. The standard InChI is InChI=1S/C14H8ClIN2O/c15-11-7-3-1-5-9(11)13-17-18-14(19-13)10-6-2-4-8-12(10)16/h1-8H. The van der Waals surface area contributed by atoms with Gasteiger partial charge in [0, 0.05) is 3.57 Å². The fourth-order valence-corrected chi connectivity index (χ4v) is 2.54. The van der Waals surface area contributed by atoms with Crippen molar-refractivity contribution in [1.29, 1.82) is 0 Å². The maximum Gasteiger partial charge on any atom is 0.249 e. The van der Waals surface area contributed by atoms with Crippen LogP contribution in [0, 0.1) is 3.57 Å². The third-order valence-corrected chi connectivity index (χ3v) is 3.90. The summed E-state index contributed by atoms with van der Waals surface area (Å²) in [6.45, 7) is 0. The molecule has 0 atom stereocenters. The quantitative estimate of drug-likeness (QED) is 0.605. The van der Waals surface area contributed by atoms with E-state index in [2.05, 4.69) is 32.8 Å². The molecule has 3 rings (SSSR count). The largest absolute Gasteiger partial charge is 0.416 e. The molecule has 1 aromatic heterocycles. The van der Waals surface area contributed by atoms with Crippen LogP contribution in [0.3, 0.4) is 0 Å². The van der Waals surface area contributed by atoms with Crippen molar-refractivity contribution >= 4 is 34.2 Å². The van der Waals surface area contributed by atoms with Crippen LogP contribution >= 0.6 is 34.2 Å². The van der Waals surface area contributed by atoms with Crippen molar-refractivity contribution in [3.63, 3.8) is 0 Å². The summed E-state index contributed by atoms with van der Waals surface area (Å²) in [4.78, 5) is 0. The van der Waals surface area contributed by atoms with Crippen LogP contribution < -0.4 is 0 Å². The van der Waals surface area contributed by atoms with Crippen LogP contribution in [0.5, 0.6) is 0 Å². The third kappa shape index (κ3) is 2.50. The van der Waals surface area contributed by atoms with Crippen molar-refractivity contribution in [3.8, 4) is 22.9 Å². The van der Waals surface area contributed by atoms with E-state index in [4.69, 9.17) is 16.0 Å². The zero-order valence-corrected chi connectivity index (χ0v) is 12.6. The summed E-state index contributed by atoms with van der Waals surface area (Å²) in [6.07, 6.45) is 0. The van der Waals surface area contributed by atoms with Gasteiger partial charge in [-0.05, 0) is 46.9 Å². The highest BCUT2D eigenvalue weighted by molar-refractivity contribution is 14.1. The second-order valence-electron chi connectivity index (χ2n) is 3.87. The van der Waals surface area contributed by atoms with Crippen molar-refractivity contribution < 1.29 is 4.42 Å².